The topological polar surface area (TPSA) is 56.1 Å². The number of rotatable bonds is 4. The summed E-state index contributed by atoms with van der Waals surface area (Å²) in [6.07, 6.45) is 0.293. The first-order chi connectivity index (χ1) is 10.1. The van der Waals surface area contributed by atoms with Crippen LogP contribution in [0.5, 0.6) is 0 Å². The van der Waals surface area contributed by atoms with E-state index in [4.69, 9.17) is 4.74 Å². The van der Waals surface area contributed by atoms with Crippen LogP contribution in [-0.4, -0.2) is 29.7 Å². The van der Waals surface area contributed by atoms with E-state index in [0.717, 1.165) is 22.4 Å². The summed E-state index contributed by atoms with van der Waals surface area (Å²) in [5.41, 5.74) is 3.03. The molecule has 1 aromatic carbocycles. The van der Waals surface area contributed by atoms with Crippen molar-refractivity contribution < 1.29 is 9.53 Å². The Morgan fingerprint density at radius 3 is 2.67 bits per heavy atom. The zero-order valence-electron chi connectivity index (χ0n) is 13.7. The van der Waals surface area contributed by atoms with Gasteiger partial charge in [-0.2, -0.15) is 0 Å². The molecule has 0 amide bonds. The van der Waals surface area contributed by atoms with Gasteiger partial charge in [0.1, 0.15) is 5.82 Å². The first kappa shape index (κ1) is 17.2. The lowest BCUT2D eigenvalue weighted by atomic mass is 10.0. The highest BCUT2D eigenvalue weighted by atomic mass is 16.5. The normalized spacial score (nSPS) is 11.7. The molecule has 0 bridgehead atoms. The average Bonchev–Trinajstić information content (AvgIpc) is 2.82. The Morgan fingerprint density at radius 2 is 2.10 bits per heavy atom. The molecule has 1 aromatic heterocycles. The first-order valence-corrected chi connectivity index (χ1v) is 7.24. The monoisotopic (exact) mass is 291 g/mol. The lowest BCUT2D eigenvalue weighted by molar-refractivity contribution is -0.141. The Balaban J connectivity index is 0.00000106. The number of esters is 1. The number of hydrogen-bond acceptors (Lipinski definition) is 4. The molecule has 0 saturated carbocycles. The summed E-state index contributed by atoms with van der Waals surface area (Å²) in [6.45, 7) is 5.97. The fourth-order valence-corrected chi connectivity index (χ4v) is 2.25. The number of carbonyl (C=O) groups is 1. The predicted octanol–water partition coefficient (Wildman–Crippen LogP) is 2.73. The third-order valence-electron chi connectivity index (χ3n) is 3.49. The van der Waals surface area contributed by atoms with Crippen LogP contribution in [0, 0.1) is 6.92 Å². The number of fused-ring (bicyclic) bond motifs is 1. The number of methoxy groups -OCH3 is 1. The summed E-state index contributed by atoms with van der Waals surface area (Å²) < 4.78 is 6.79. The van der Waals surface area contributed by atoms with Crippen LogP contribution in [0.2, 0.25) is 0 Å². The van der Waals surface area contributed by atoms with Crippen LogP contribution < -0.4 is 5.32 Å². The number of aryl methyl sites for hydroxylation is 2. The number of nitrogens with one attached hydrogen (secondary N) is 1. The van der Waals surface area contributed by atoms with E-state index in [1.807, 2.05) is 57.6 Å². The first-order valence-electron chi connectivity index (χ1n) is 7.24. The third-order valence-corrected chi connectivity index (χ3v) is 3.49. The summed E-state index contributed by atoms with van der Waals surface area (Å²) in [5.74, 6) is 0.722. The number of imidazole rings is 1. The molecule has 0 spiro atoms. The molecule has 0 aliphatic heterocycles. The maximum absolute atomic E-state index is 11.5. The van der Waals surface area contributed by atoms with Crippen molar-refractivity contribution in [2.45, 2.75) is 33.2 Å². The summed E-state index contributed by atoms with van der Waals surface area (Å²) in [5, 5.41) is 3.15. The van der Waals surface area contributed by atoms with Gasteiger partial charge in [0.15, 0.2) is 0 Å². The van der Waals surface area contributed by atoms with Crippen molar-refractivity contribution in [2.75, 3.05) is 14.2 Å². The largest absolute Gasteiger partial charge is 0.469 e. The SMILES string of the molecule is CC.CNC(CC(=O)OC)c1cccc2c1nc(C)n2C. The van der Waals surface area contributed by atoms with Crippen molar-refractivity contribution >= 4 is 17.0 Å². The molecule has 1 atom stereocenters. The smallest absolute Gasteiger partial charge is 0.307 e. The van der Waals surface area contributed by atoms with Crippen LogP contribution in [0.3, 0.4) is 0 Å². The van der Waals surface area contributed by atoms with E-state index >= 15 is 0 Å². The molecule has 2 aromatic rings. The summed E-state index contributed by atoms with van der Waals surface area (Å²) in [4.78, 5) is 16.1. The minimum atomic E-state index is -0.232. The lowest BCUT2D eigenvalue weighted by Crippen LogP contribution is -2.21. The number of hydrogen-bond donors (Lipinski definition) is 1. The second-order valence-corrected chi connectivity index (χ2v) is 4.55. The number of aromatic nitrogens is 2. The predicted molar refractivity (Wildman–Crippen MR) is 85.2 cm³/mol. The number of nitrogens with zero attached hydrogens (tertiary/aromatic N) is 2. The van der Waals surface area contributed by atoms with Crippen LogP contribution in [0.1, 0.15) is 37.7 Å². The van der Waals surface area contributed by atoms with E-state index in [1.165, 1.54) is 7.11 Å². The maximum Gasteiger partial charge on any atom is 0.307 e. The fourth-order valence-electron chi connectivity index (χ4n) is 2.25. The van der Waals surface area contributed by atoms with Crippen molar-refractivity contribution in [3.63, 3.8) is 0 Å². The van der Waals surface area contributed by atoms with Gasteiger partial charge in [0, 0.05) is 13.1 Å². The van der Waals surface area contributed by atoms with Crippen LogP contribution in [0.4, 0.5) is 0 Å². The Labute approximate surface area is 126 Å². The standard InChI is InChI=1S/C14H19N3O2.C2H6/c1-9-16-14-10(6-5-7-12(14)17(9)3)11(15-2)8-13(18)19-4;1-2/h5-7,11,15H,8H2,1-4H3;1-2H3. The number of para-hydroxylation sites is 1. The zero-order chi connectivity index (χ0) is 16.0. The molecule has 116 valence electrons. The minimum Gasteiger partial charge on any atom is -0.469 e. The van der Waals surface area contributed by atoms with Crippen molar-refractivity contribution in [3.05, 3.63) is 29.6 Å². The van der Waals surface area contributed by atoms with Gasteiger partial charge in [-0.3, -0.25) is 4.79 Å². The molecule has 0 aliphatic rings. The van der Waals surface area contributed by atoms with E-state index in [0.29, 0.717) is 6.42 Å². The number of benzene rings is 1. The van der Waals surface area contributed by atoms with Crippen molar-refractivity contribution in [1.82, 2.24) is 14.9 Å². The van der Waals surface area contributed by atoms with Crippen LogP contribution >= 0.6 is 0 Å². The molecule has 5 nitrogen and oxygen atoms in total. The maximum atomic E-state index is 11.5. The molecule has 2 rings (SSSR count). The van der Waals surface area contributed by atoms with Gasteiger partial charge in [0.25, 0.3) is 0 Å². The van der Waals surface area contributed by atoms with Crippen LogP contribution in [0.15, 0.2) is 18.2 Å². The van der Waals surface area contributed by atoms with Gasteiger partial charge in [-0.25, -0.2) is 4.98 Å². The molecule has 0 fully saturated rings. The number of carbonyl (C=O) groups excluding carboxylic acids is 1. The van der Waals surface area contributed by atoms with Gasteiger partial charge < -0.3 is 14.6 Å². The zero-order valence-corrected chi connectivity index (χ0v) is 13.7. The quantitative estimate of drug-likeness (QED) is 0.880. The second kappa shape index (κ2) is 7.78. The van der Waals surface area contributed by atoms with E-state index < -0.39 is 0 Å². The summed E-state index contributed by atoms with van der Waals surface area (Å²) in [7, 11) is 5.23. The van der Waals surface area contributed by atoms with Gasteiger partial charge in [0.05, 0.1) is 24.6 Å². The summed E-state index contributed by atoms with van der Waals surface area (Å²) in [6, 6.07) is 5.92. The number of ether oxygens (including phenoxy) is 1. The molecule has 0 saturated heterocycles. The Kier molecular flexibility index (Phi) is 6.37. The van der Waals surface area contributed by atoms with Gasteiger partial charge in [0.2, 0.25) is 0 Å². The lowest BCUT2D eigenvalue weighted by Gasteiger charge is -2.15. The molecular formula is C16H25N3O2. The fraction of sp³-hybridized carbons (Fsp3) is 0.500. The molecular weight excluding hydrogens is 266 g/mol. The van der Waals surface area contributed by atoms with E-state index in [2.05, 4.69) is 10.3 Å². The Bertz CT molecular complexity index is 605. The minimum absolute atomic E-state index is 0.0922. The summed E-state index contributed by atoms with van der Waals surface area (Å²) >= 11 is 0. The van der Waals surface area contributed by atoms with Crippen molar-refractivity contribution in [3.8, 4) is 0 Å². The molecule has 21 heavy (non-hydrogen) atoms. The van der Waals surface area contributed by atoms with E-state index in [1.54, 1.807) is 0 Å². The highest BCUT2D eigenvalue weighted by Gasteiger charge is 2.19. The van der Waals surface area contributed by atoms with Gasteiger partial charge in [-0.05, 0) is 25.6 Å². The molecule has 5 heteroatoms. The van der Waals surface area contributed by atoms with Crippen LogP contribution in [0.25, 0.3) is 11.0 Å². The Morgan fingerprint density at radius 1 is 1.43 bits per heavy atom. The highest BCUT2D eigenvalue weighted by Crippen LogP contribution is 2.26. The molecule has 1 unspecified atom stereocenters. The van der Waals surface area contributed by atoms with E-state index in [-0.39, 0.29) is 12.0 Å². The molecule has 0 radical (unpaired) electrons. The van der Waals surface area contributed by atoms with E-state index in [9.17, 15) is 4.79 Å². The molecule has 1 heterocycles. The van der Waals surface area contributed by atoms with Crippen molar-refractivity contribution in [1.29, 1.82) is 0 Å². The van der Waals surface area contributed by atoms with Crippen LogP contribution in [-0.2, 0) is 16.6 Å². The Hall–Kier alpha value is -1.88. The van der Waals surface area contributed by atoms with Crippen molar-refractivity contribution in [2.24, 2.45) is 7.05 Å². The third kappa shape index (κ3) is 3.61. The molecule has 1 N–H and O–H groups in total. The van der Waals surface area contributed by atoms with Gasteiger partial charge in [-0.1, -0.05) is 26.0 Å². The second-order valence-electron chi connectivity index (χ2n) is 4.55. The average molecular weight is 291 g/mol. The van der Waals surface area contributed by atoms with Gasteiger partial charge >= 0.3 is 5.97 Å². The molecule has 0 aliphatic carbocycles. The highest BCUT2D eigenvalue weighted by molar-refractivity contribution is 5.81. The van der Waals surface area contributed by atoms with Gasteiger partial charge in [-0.15, -0.1) is 0 Å².